The number of nitrogens with zero attached hydrogens (tertiary/aromatic N) is 4. The largest absolute Gasteiger partial charge is 0.496 e. The van der Waals surface area contributed by atoms with Gasteiger partial charge in [0.15, 0.2) is 5.82 Å². The van der Waals surface area contributed by atoms with Crippen molar-refractivity contribution in [1.29, 1.82) is 0 Å². The molecule has 8 heteroatoms. The molecule has 1 aliphatic rings. The predicted molar refractivity (Wildman–Crippen MR) is 165 cm³/mol. The molecular weight excluding hydrogens is 500 g/mol. The van der Waals surface area contributed by atoms with Crippen molar-refractivity contribution in [3.8, 4) is 5.75 Å². The minimum atomic E-state index is 0.0824. The first-order chi connectivity index (χ1) is 19.4. The number of aliphatic hydroxyl groups is 1. The predicted octanol–water partition coefficient (Wildman–Crippen LogP) is 5.68. The van der Waals surface area contributed by atoms with Crippen molar-refractivity contribution >= 4 is 39.3 Å². The van der Waals surface area contributed by atoms with E-state index in [0.29, 0.717) is 24.8 Å². The quantitative estimate of drug-likeness (QED) is 0.224. The normalized spacial score (nSPS) is 15.1. The first-order valence-electron chi connectivity index (χ1n) is 14.5. The Balaban J connectivity index is 1.63. The summed E-state index contributed by atoms with van der Waals surface area (Å²) in [5, 5.41) is 14.3. The molecule has 1 atom stereocenters. The molecule has 0 radical (unpaired) electrons. The maximum Gasteiger partial charge on any atom is 0.222 e. The number of rotatable bonds is 11. The van der Waals surface area contributed by atoms with E-state index in [1.807, 2.05) is 12.1 Å². The minimum absolute atomic E-state index is 0.0824. The van der Waals surface area contributed by atoms with Crippen LogP contribution in [-0.4, -0.2) is 63.4 Å². The molecular formula is C32H42N6O2. The highest BCUT2D eigenvalue weighted by molar-refractivity contribution is 6.09. The molecule has 2 aromatic carbocycles. The number of hydrogen-bond acceptors (Lipinski definition) is 7. The van der Waals surface area contributed by atoms with E-state index >= 15 is 0 Å². The Hall–Kier alpha value is -3.62. The average Bonchev–Trinajstić information content (AvgIpc) is 3.26. The number of para-hydroxylation sites is 1. The van der Waals surface area contributed by atoms with Crippen LogP contribution in [-0.2, 0) is 6.54 Å². The fourth-order valence-electron chi connectivity index (χ4n) is 5.89. The second-order valence-electron chi connectivity index (χ2n) is 11.0. The number of nitrogens with two attached hydrogens (primary N) is 1. The van der Waals surface area contributed by atoms with E-state index in [1.165, 1.54) is 11.1 Å². The fourth-order valence-corrected chi connectivity index (χ4v) is 5.89. The summed E-state index contributed by atoms with van der Waals surface area (Å²) in [7, 11) is 1.73. The number of nitrogen functional groups attached to an aromatic ring is 1. The number of fused-ring (bicyclic) bond motifs is 3. The highest BCUT2D eigenvalue weighted by atomic mass is 16.5. The molecule has 2 aromatic heterocycles. The third-order valence-corrected chi connectivity index (χ3v) is 7.97. The number of aliphatic hydroxyl groups excluding tert-OH is 1. The van der Waals surface area contributed by atoms with Gasteiger partial charge in [0, 0.05) is 42.7 Å². The average molecular weight is 543 g/mol. The number of methoxy groups -OCH3 is 1. The maximum absolute atomic E-state index is 9.69. The molecule has 0 fully saturated rings. The topological polar surface area (TPSA) is 101 Å². The van der Waals surface area contributed by atoms with Crippen LogP contribution in [0, 0.1) is 0 Å². The molecule has 8 nitrogen and oxygen atoms in total. The lowest BCUT2D eigenvalue weighted by Gasteiger charge is -2.31. The highest BCUT2D eigenvalue weighted by Gasteiger charge is 2.22. The van der Waals surface area contributed by atoms with E-state index in [4.69, 9.17) is 15.5 Å². The number of hydrogen-bond donors (Lipinski definition) is 3. The van der Waals surface area contributed by atoms with Crippen molar-refractivity contribution in [2.75, 3.05) is 37.9 Å². The number of benzene rings is 2. The van der Waals surface area contributed by atoms with Crippen LogP contribution in [0.15, 0.2) is 48.5 Å². The van der Waals surface area contributed by atoms with E-state index in [1.54, 1.807) is 7.11 Å². The van der Waals surface area contributed by atoms with Crippen molar-refractivity contribution in [3.05, 3.63) is 59.7 Å². The van der Waals surface area contributed by atoms with Gasteiger partial charge in [-0.1, -0.05) is 43.7 Å². The first-order valence-corrected chi connectivity index (χ1v) is 14.5. The summed E-state index contributed by atoms with van der Waals surface area (Å²) in [5.41, 5.74) is 12.7. The maximum atomic E-state index is 9.69. The van der Waals surface area contributed by atoms with Crippen LogP contribution in [0.25, 0.3) is 27.5 Å². The first kappa shape index (κ1) is 27.9. The molecule has 0 bridgehead atoms. The SMILES string of the molecule is CCC[C@@H](CCO)Nc1nc(N)nc2c3ccccc3n(Cc3cc(C4=CCCN(C(C)C)C4)ccc3OC)c12. The smallest absolute Gasteiger partial charge is 0.222 e. The Morgan fingerprint density at radius 1 is 1.12 bits per heavy atom. The zero-order valence-corrected chi connectivity index (χ0v) is 24.2. The van der Waals surface area contributed by atoms with Gasteiger partial charge in [-0.2, -0.15) is 4.98 Å². The summed E-state index contributed by atoms with van der Waals surface area (Å²) in [6.07, 6.45) is 5.99. The van der Waals surface area contributed by atoms with Gasteiger partial charge in [0.1, 0.15) is 16.8 Å². The molecule has 0 aliphatic carbocycles. The number of anilines is 2. The van der Waals surface area contributed by atoms with Crippen LogP contribution in [0.3, 0.4) is 0 Å². The van der Waals surface area contributed by atoms with Crippen molar-refractivity contribution < 1.29 is 9.84 Å². The van der Waals surface area contributed by atoms with Crippen LogP contribution < -0.4 is 15.8 Å². The molecule has 40 heavy (non-hydrogen) atoms. The summed E-state index contributed by atoms with van der Waals surface area (Å²) in [6, 6.07) is 15.4. The van der Waals surface area contributed by atoms with Crippen molar-refractivity contribution in [3.63, 3.8) is 0 Å². The lowest BCUT2D eigenvalue weighted by Crippen LogP contribution is -2.35. The molecule has 0 saturated carbocycles. The van der Waals surface area contributed by atoms with E-state index < -0.39 is 0 Å². The highest BCUT2D eigenvalue weighted by Crippen LogP contribution is 2.35. The molecule has 0 spiro atoms. The molecule has 4 aromatic rings. The lowest BCUT2D eigenvalue weighted by molar-refractivity contribution is 0.248. The van der Waals surface area contributed by atoms with Crippen molar-refractivity contribution in [1.82, 2.24) is 19.4 Å². The molecule has 1 aliphatic heterocycles. The van der Waals surface area contributed by atoms with E-state index in [2.05, 4.69) is 76.9 Å². The summed E-state index contributed by atoms with van der Waals surface area (Å²) in [4.78, 5) is 11.9. The Morgan fingerprint density at radius 2 is 1.95 bits per heavy atom. The molecule has 4 N–H and O–H groups in total. The van der Waals surface area contributed by atoms with Gasteiger partial charge in [0.05, 0.1) is 19.2 Å². The molecule has 0 amide bonds. The molecule has 0 unspecified atom stereocenters. The second kappa shape index (κ2) is 12.3. The zero-order chi connectivity index (χ0) is 28.2. The van der Waals surface area contributed by atoms with Gasteiger partial charge in [-0.25, -0.2) is 4.98 Å². The zero-order valence-electron chi connectivity index (χ0n) is 24.2. The molecule has 212 valence electrons. The van der Waals surface area contributed by atoms with Crippen LogP contribution >= 0.6 is 0 Å². The number of nitrogens with one attached hydrogen (secondary N) is 1. The van der Waals surface area contributed by atoms with Crippen molar-refractivity contribution in [2.24, 2.45) is 0 Å². The minimum Gasteiger partial charge on any atom is -0.496 e. The summed E-state index contributed by atoms with van der Waals surface area (Å²) in [6.45, 7) is 9.41. The summed E-state index contributed by atoms with van der Waals surface area (Å²) in [5.74, 6) is 1.78. The summed E-state index contributed by atoms with van der Waals surface area (Å²) >= 11 is 0. The third kappa shape index (κ3) is 5.64. The van der Waals surface area contributed by atoms with Crippen LogP contribution in [0.4, 0.5) is 11.8 Å². The van der Waals surface area contributed by atoms with Gasteiger partial charge in [0.2, 0.25) is 5.95 Å². The van der Waals surface area contributed by atoms with Crippen LogP contribution in [0.1, 0.15) is 57.6 Å². The van der Waals surface area contributed by atoms with Gasteiger partial charge in [-0.15, -0.1) is 0 Å². The van der Waals surface area contributed by atoms with Gasteiger partial charge in [0.25, 0.3) is 0 Å². The molecule has 5 rings (SSSR count). The molecule has 3 heterocycles. The number of aromatic nitrogens is 3. The summed E-state index contributed by atoms with van der Waals surface area (Å²) < 4.78 is 8.13. The van der Waals surface area contributed by atoms with Gasteiger partial charge >= 0.3 is 0 Å². The van der Waals surface area contributed by atoms with Crippen LogP contribution in [0.5, 0.6) is 5.75 Å². The molecule has 0 saturated heterocycles. The van der Waals surface area contributed by atoms with E-state index in [0.717, 1.165) is 65.6 Å². The third-order valence-electron chi connectivity index (χ3n) is 7.97. The Labute approximate surface area is 236 Å². The van der Waals surface area contributed by atoms with E-state index in [-0.39, 0.29) is 18.6 Å². The van der Waals surface area contributed by atoms with Gasteiger partial charge < -0.3 is 25.5 Å². The van der Waals surface area contributed by atoms with Crippen molar-refractivity contribution in [2.45, 2.75) is 65.1 Å². The Kier molecular flexibility index (Phi) is 8.57. The van der Waals surface area contributed by atoms with Crippen LogP contribution in [0.2, 0.25) is 0 Å². The standard InChI is InChI=1S/C32H42N6O2/c1-5-9-25(15-17-39)34-31-30-29(35-32(33)36-31)26-11-6-7-12-27(26)38(30)20-24-18-22(13-14-28(24)40-4)23-10-8-16-37(19-23)21(2)3/h6-7,10-14,18,21,25,39H,5,8-9,15-17,19-20H2,1-4H3,(H3,33,34,35,36)/t25-/m0/s1. The lowest BCUT2D eigenvalue weighted by atomic mass is 9.98. The Morgan fingerprint density at radius 3 is 2.70 bits per heavy atom. The fraction of sp³-hybridized carbons (Fsp3) is 0.438. The van der Waals surface area contributed by atoms with E-state index in [9.17, 15) is 5.11 Å². The number of ether oxygens (including phenoxy) is 1. The monoisotopic (exact) mass is 542 g/mol. The second-order valence-corrected chi connectivity index (χ2v) is 11.0. The van der Waals surface area contributed by atoms with Gasteiger partial charge in [-0.3, -0.25) is 4.90 Å². The Bertz CT molecular complexity index is 1500. The van der Waals surface area contributed by atoms with Gasteiger partial charge in [-0.05, 0) is 62.4 Å².